The van der Waals surface area contributed by atoms with Crippen molar-refractivity contribution in [3.8, 4) is 0 Å². The Bertz CT molecular complexity index is 687. The number of nitrogens with zero attached hydrogens (tertiary/aromatic N) is 2. The number of aromatic nitrogens is 2. The molecule has 0 aliphatic heterocycles. The molecule has 22 heavy (non-hydrogen) atoms. The van der Waals surface area contributed by atoms with E-state index in [2.05, 4.69) is 10.3 Å². The molecule has 2 rings (SSSR count). The number of carboxylic acid groups (broad SMARTS) is 1. The van der Waals surface area contributed by atoms with Gasteiger partial charge in [-0.2, -0.15) is 0 Å². The van der Waals surface area contributed by atoms with E-state index in [4.69, 9.17) is 4.74 Å². The topological polar surface area (TPSA) is 93.5 Å². The van der Waals surface area contributed by atoms with Crippen LogP contribution in [0.3, 0.4) is 0 Å². The van der Waals surface area contributed by atoms with Crippen molar-refractivity contribution < 1.29 is 19.4 Å². The maximum Gasteiger partial charge on any atom is 0.408 e. The minimum Gasteiger partial charge on any atom is -0.480 e. The number of aliphatic carboxylic acids is 1. The van der Waals surface area contributed by atoms with Crippen LogP contribution in [0.1, 0.15) is 20.8 Å². The number of ether oxygens (including phenoxy) is 1. The van der Waals surface area contributed by atoms with Crippen LogP contribution in [0, 0.1) is 0 Å². The van der Waals surface area contributed by atoms with Crippen LogP contribution in [-0.2, 0) is 16.1 Å². The van der Waals surface area contributed by atoms with Gasteiger partial charge in [0.25, 0.3) is 0 Å². The maximum atomic E-state index is 11.7. The van der Waals surface area contributed by atoms with Gasteiger partial charge in [-0.25, -0.2) is 14.6 Å². The van der Waals surface area contributed by atoms with Crippen molar-refractivity contribution in [1.29, 1.82) is 0 Å². The van der Waals surface area contributed by atoms with Gasteiger partial charge in [0.05, 0.1) is 23.9 Å². The number of rotatable bonds is 4. The number of hydrogen-bond acceptors (Lipinski definition) is 4. The molecule has 0 saturated carbocycles. The molecule has 118 valence electrons. The molecule has 0 aliphatic rings. The van der Waals surface area contributed by atoms with E-state index in [0.29, 0.717) is 0 Å². The van der Waals surface area contributed by atoms with Crippen LogP contribution in [-0.4, -0.2) is 38.4 Å². The van der Waals surface area contributed by atoms with Gasteiger partial charge in [-0.3, -0.25) is 0 Å². The number of benzene rings is 1. The summed E-state index contributed by atoms with van der Waals surface area (Å²) >= 11 is 0. The van der Waals surface area contributed by atoms with Crippen LogP contribution < -0.4 is 5.32 Å². The highest BCUT2D eigenvalue weighted by molar-refractivity contribution is 5.80. The average molecular weight is 305 g/mol. The van der Waals surface area contributed by atoms with Crippen molar-refractivity contribution in [2.45, 2.75) is 39.0 Å². The molecule has 7 nitrogen and oxygen atoms in total. The Labute approximate surface area is 127 Å². The number of carbonyl (C=O) groups is 2. The molecule has 1 aromatic carbocycles. The number of fused-ring (bicyclic) bond motifs is 1. The molecular weight excluding hydrogens is 286 g/mol. The van der Waals surface area contributed by atoms with Crippen molar-refractivity contribution in [2.75, 3.05) is 0 Å². The zero-order valence-electron chi connectivity index (χ0n) is 12.7. The summed E-state index contributed by atoms with van der Waals surface area (Å²) in [6.07, 6.45) is 0.793. The van der Waals surface area contributed by atoms with Crippen LogP contribution in [0.4, 0.5) is 4.79 Å². The van der Waals surface area contributed by atoms with Crippen molar-refractivity contribution in [2.24, 2.45) is 0 Å². The highest BCUT2D eigenvalue weighted by Gasteiger charge is 2.24. The molecule has 1 amide bonds. The third kappa shape index (κ3) is 3.97. The number of hydrogen-bond donors (Lipinski definition) is 2. The molecule has 2 N–H and O–H groups in total. The Morgan fingerprint density at radius 1 is 1.36 bits per heavy atom. The predicted molar refractivity (Wildman–Crippen MR) is 80.5 cm³/mol. The highest BCUT2D eigenvalue weighted by Crippen LogP contribution is 2.13. The quantitative estimate of drug-likeness (QED) is 0.901. The largest absolute Gasteiger partial charge is 0.480 e. The summed E-state index contributed by atoms with van der Waals surface area (Å²) in [5.41, 5.74) is 0.887. The smallest absolute Gasteiger partial charge is 0.408 e. The Morgan fingerprint density at radius 3 is 2.68 bits per heavy atom. The summed E-state index contributed by atoms with van der Waals surface area (Å²) in [6, 6.07) is 6.27. The van der Waals surface area contributed by atoms with Gasteiger partial charge < -0.3 is 19.7 Å². The summed E-state index contributed by atoms with van der Waals surface area (Å²) < 4.78 is 6.77. The Balaban J connectivity index is 2.12. The fourth-order valence-electron chi connectivity index (χ4n) is 1.99. The molecular formula is C15H19N3O4. The minimum absolute atomic E-state index is 0.0646. The molecule has 0 radical (unpaired) electrons. The number of nitrogens with one attached hydrogen (secondary N) is 1. The van der Waals surface area contributed by atoms with E-state index in [9.17, 15) is 14.7 Å². The van der Waals surface area contributed by atoms with Crippen LogP contribution in [0.25, 0.3) is 11.0 Å². The zero-order valence-corrected chi connectivity index (χ0v) is 12.7. The average Bonchev–Trinajstić information content (AvgIpc) is 2.79. The number of amides is 1. The van der Waals surface area contributed by atoms with Crippen molar-refractivity contribution in [3.05, 3.63) is 30.6 Å². The summed E-state index contributed by atoms with van der Waals surface area (Å²) in [7, 11) is 0. The summed E-state index contributed by atoms with van der Waals surface area (Å²) in [4.78, 5) is 27.3. The molecule has 0 aliphatic carbocycles. The lowest BCUT2D eigenvalue weighted by Gasteiger charge is -2.22. The monoisotopic (exact) mass is 305 g/mol. The molecule has 0 saturated heterocycles. The Hall–Kier alpha value is -2.57. The fourth-order valence-corrected chi connectivity index (χ4v) is 1.99. The second kappa shape index (κ2) is 6.05. The summed E-state index contributed by atoms with van der Waals surface area (Å²) in [5.74, 6) is -1.14. The van der Waals surface area contributed by atoms with Crippen LogP contribution >= 0.6 is 0 Å². The number of para-hydroxylation sites is 2. The second-order valence-corrected chi connectivity index (χ2v) is 5.92. The van der Waals surface area contributed by atoms with Crippen LogP contribution in [0.5, 0.6) is 0 Å². The standard InChI is InChI=1S/C15H19N3O4/c1-15(2,3)22-14(21)17-11(13(19)20)8-18-9-16-10-6-4-5-7-12(10)18/h4-7,9,11H,8H2,1-3H3,(H,17,21)(H,19,20). The van der Waals surface area contributed by atoms with Gasteiger partial charge >= 0.3 is 12.1 Å². The van der Waals surface area contributed by atoms with E-state index in [1.165, 1.54) is 0 Å². The molecule has 0 spiro atoms. The van der Waals surface area contributed by atoms with E-state index in [1.54, 1.807) is 31.7 Å². The first kappa shape index (κ1) is 15.8. The molecule has 0 fully saturated rings. The van der Waals surface area contributed by atoms with E-state index < -0.39 is 23.7 Å². The van der Waals surface area contributed by atoms with Gasteiger partial charge in [0.15, 0.2) is 0 Å². The van der Waals surface area contributed by atoms with Gasteiger partial charge in [0.1, 0.15) is 11.6 Å². The molecule has 1 aromatic heterocycles. The number of carbonyl (C=O) groups excluding carboxylic acids is 1. The van der Waals surface area contributed by atoms with Gasteiger partial charge in [-0.05, 0) is 32.9 Å². The lowest BCUT2D eigenvalue weighted by atomic mass is 10.2. The van der Waals surface area contributed by atoms with Gasteiger partial charge in [-0.15, -0.1) is 0 Å². The molecule has 1 atom stereocenters. The number of alkyl carbamates (subject to hydrolysis) is 1. The van der Waals surface area contributed by atoms with Crippen LogP contribution in [0.15, 0.2) is 30.6 Å². The predicted octanol–water partition coefficient (Wildman–Crippen LogP) is 2.01. The molecule has 1 heterocycles. The van der Waals surface area contributed by atoms with Crippen molar-refractivity contribution in [3.63, 3.8) is 0 Å². The first-order valence-corrected chi connectivity index (χ1v) is 6.88. The molecule has 7 heteroatoms. The normalized spacial score (nSPS) is 12.9. The second-order valence-electron chi connectivity index (χ2n) is 5.92. The van der Waals surface area contributed by atoms with E-state index in [0.717, 1.165) is 11.0 Å². The van der Waals surface area contributed by atoms with E-state index >= 15 is 0 Å². The SMILES string of the molecule is CC(C)(C)OC(=O)NC(Cn1cnc2ccccc21)C(=O)O. The van der Waals surface area contributed by atoms with Crippen molar-refractivity contribution >= 4 is 23.1 Å². The maximum absolute atomic E-state index is 11.7. The third-order valence-corrected chi connectivity index (χ3v) is 2.90. The first-order valence-electron chi connectivity index (χ1n) is 6.88. The lowest BCUT2D eigenvalue weighted by Crippen LogP contribution is -2.45. The molecule has 1 unspecified atom stereocenters. The third-order valence-electron chi connectivity index (χ3n) is 2.90. The van der Waals surface area contributed by atoms with Gasteiger partial charge in [0.2, 0.25) is 0 Å². The number of imidazole rings is 1. The summed E-state index contributed by atoms with van der Waals surface area (Å²) in [6.45, 7) is 5.21. The fraction of sp³-hybridized carbons (Fsp3) is 0.400. The Kier molecular flexibility index (Phi) is 4.35. The van der Waals surface area contributed by atoms with Crippen molar-refractivity contribution in [1.82, 2.24) is 14.9 Å². The minimum atomic E-state index is -1.14. The van der Waals surface area contributed by atoms with Crippen LogP contribution in [0.2, 0.25) is 0 Å². The molecule has 0 bridgehead atoms. The Morgan fingerprint density at radius 2 is 2.05 bits per heavy atom. The van der Waals surface area contributed by atoms with E-state index in [1.807, 2.05) is 24.3 Å². The lowest BCUT2D eigenvalue weighted by molar-refractivity contribution is -0.139. The summed E-state index contributed by atoms with van der Waals surface area (Å²) in [5, 5.41) is 11.7. The van der Waals surface area contributed by atoms with Gasteiger partial charge in [0, 0.05) is 0 Å². The molecule has 2 aromatic rings. The highest BCUT2D eigenvalue weighted by atomic mass is 16.6. The zero-order chi connectivity index (χ0) is 16.3. The van der Waals surface area contributed by atoms with Gasteiger partial charge in [-0.1, -0.05) is 12.1 Å². The first-order chi connectivity index (χ1) is 10.3. The number of carboxylic acids is 1. The van der Waals surface area contributed by atoms with E-state index in [-0.39, 0.29) is 6.54 Å².